The number of carbonyl (C=O) groups excluding carboxylic acids is 1. The van der Waals surface area contributed by atoms with Crippen molar-refractivity contribution >= 4 is 5.78 Å². The summed E-state index contributed by atoms with van der Waals surface area (Å²) in [5.74, 6) is 0.360. The second-order valence-corrected chi connectivity index (χ2v) is 4.57. The van der Waals surface area contributed by atoms with Gasteiger partial charge in [-0.1, -0.05) is 37.3 Å². The van der Waals surface area contributed by atoms with Crippen molar-refractivity contribution in [1.82, 2.24) is 5.32 Å². The van der Waals surface area contributed by atoms with Crippen molar-refractivity contribution in [3.8, 4) is 0 Å². The van der Waals surface area contributed by atoms with E-state index in [1.54, 1.807) is 0 Å². The number of hydrogen-bond acceptors (Lipinski definition) is 2. The van der Waals surface area contributed by atoms with Gasteiger partial charge in [-0.3, -0.25) is 4.79 Å². The molecule has 0 aliphatic carbocycles. The van der Waals surface area contributed by atoms with Crippen LogP contribution >= 0.6 is 0 Å². The Balaban J connectivity index is 2.04. The Kier molecular flexibility index (Phi) is 2.87. The fraction of sp³-hybridized carbons (Fsp3) is 0.462. The van der Waals surface area contributed by atoms with Gasteiger partial charge in [0, 0.05) is 18.4 Å². The summed E-state index contributed by atoms with van der Waals surface area (Å²) in [5, 5.41) is 3.26. The highest BCUT2D eigenvalue weighted by Crippen LogP contribution is 2.27. The summed E-state index contributed by atoms with van der Waals surface area (Å²) in [6, 6.07) is 9.98. The van der Waals surface area contributed by atoms with E-state index < -0.39 is 0 Å². The molecule has 2 heteroatoms. The average Bonchev–Trinajstić information content (AvgIpc) is 2.68. The first-order chi connectivity index (χ1) is 7.21. The lowest BCUT2D eigenvalue weighted by Crippen LogP contribution is -2.31. The Morgan fingerprint density at radius 1 is 1.40 bits per heavy atom. The molecular weight excluding hydrogens is 186 g/mol. The second-order valence-electron chi connectivity index (χ2n) is 4.57. The summed E-state index contributed by atoms with van der Waals surface area (Å²) in [4.78, 5) is 12.1. The van der Waals surface area contributed by atoms with Crippen LogP contribution in [0.2, 0.25) is 0 Å². The number of benzene rings is 1. The van der Waals surface area contributed by atoms with Crippen LogP contribution in [-0.2, 0) is 11.2 Å². The summed E-state index contributed by atoms with van der Waals surface area (Å²) in [5.41, 5.74) is 0.978. The van der Waals surface area contributed by atoms with E-state index in [4.69, 9.17) is 0 Å². The minimum absolute atomic E-state index is 0.143. The zero-order valence-electron chi connectivity index (χ0n) is 9.12. The van der Waals surface area contributed by atoms with Crippen LogP contribution in [0, 0.1) is 5.41 Å². The third-order valence-corrected chi connectivity index (χ3v) is 3.25. The highest BCUT2D eigenvalue weighted by atomic mass is 16.1. The van der Waals surface area contributed by atoms with E-state index in [-0.39, 0.29) is 5.41 Å². The van der Waals surface area contributed by atoms with E-state index >= 15 is 0 Å². The Labute approximate surface area is 90.7 Å². The summed E-state index contributed by atoms with van der Waals surface area (Å²) in [6.07, 6.45) is 1.54. The van der Waals surface area contributed by atoms with Crippen molar-refractivity contribution in [2.75, 3.05) is 13.1 Å². The Hall–Kier alpha value is -1.15. The molecule has 1 heterocycles. The second kappa shape index (κ2) is 4.15. The molecule has 80 valence electrons. The predicted molar refractivity (Wildman–Crippen MR) is 60.7 cm³/mol. The number of rotatable bonds is 3. The fourth-order valence-corrected chi connectivity index (χ4v) is 2.05. The van der Waals surface area contributed by atoms with Crippen LogP contribution in [0.3, 0.4) is 0 Å². The standard InChI is InChI=1S/C13H17NO/c1-13(7-8-14-10-13)12(15)9-11-5-3-2-4-6-11/h2-6,14H,7-10H2,1H3. The van der Waals surface area contributed by atoms with Gasteiger partial charge in [-0.25, -0.2) is 0 Å². The summed E-state index contributed by atoms with van der Waals surface area (Å²) < 4.78 is 0. The van der Waals surface area contributed by atoms with Gasteiger partial charge >= 0.3 is 0 Å². The van der Waals surface area contributed by atoms with Crippen molar-refractivity contribution in [1.29, 1.82) is 0 Å². The summed E-state index contributed by atoms with van der Waals surface area (Å²) in [6.45, 7) is 3.87. The highest BCUT2D eigenvalue weighted by molar-refractivity contribution is 5.87. The monoisotopic (exact) mass is 203 g/mol. The van der Waals surface area contributed by atoms with E-state index in [1.165, 1.54) is 0 Å². The maximum absolute atomic E-state index is 12.1. The van der Waals surface area contributed by atoms with Crippen molar-refractivity contribution in [2.24, 2.45) is 5.41 Å². The number of carbonyl (C=O) groups is 1. The van der Waals surface area contributed by atoms with Gasteiger partial charge in [0.2, 0.25) is 0 Å². The van der Waals surface area contributed by atoms with Crippen molar-refractivity contribution in [2.45, 2.75) is 19.8 Å². The molecular formula is C13H17NO. The molecule has 0 aromatic heterocycles. The molecule has 15 heavy (non-hydrogen) atoms. The number of hydrogen-bond donors (Lipinski definition) is 1. The summed E-state index contributed by atoms with van der Waals surface area (Å²) >= 11 is 0. The van der Waals surface area contributed by atoms with Crippen LogP contribution in [0.4, 0.5) is 0 Å². The molecule has 1 aliphatic rings. The molecule has 0 spiro atoms. The van der Waals surface area contributed by atoms with Gasteiger partial charge in [-0.15, -0.1) is 0 Å². The number of nitrogens with one attached hydrogen (secondary N) is 1. The lowest BCUT2D eigenvalue weighted by Gasteiger charge is -2.20. The van der Waals surface area contributed by atoms with Crippen LogP contribution in [0.25, 0.3) is 0 Å². The van der Waals surface area contributed by atoms with Crippen LogP contribution in [0.5, 0.6) is 0 Å². The minimum Gasteiger partial charge on any atom is -0.316 e. The van der Waals surface area contributed by atoms with Crippen molar-refractivity contribution in [3.05, 3.63) is 35.9 Å². The molecule has 1 saturated heterocycles. The maximum atomic E-state index is 12.1. The zero-order chi connectivity index (χ0) is 10.7. The van der Waals surface area contributed by atoms with Gasteiger partial charge in [-0.05, 0) is 18.5 Å². The quantitative estimate of drug-likeness (QED) is 0.811. The van der Waals surface area contributed by atoms with E-state index in [0.717, 1.165) is 25.1 Å². The first kappa shape index (κ1) is 10.4. The van der Waals surface area contributed by atoms with Crippen LogP contribution in [-0.4, -0.2) is 18.9 Å². The van der Waals surface area contributed by atoms with Crippen LogP contribution in [0.1, 0.15) is 18.9 Å². The summed E-state index contributed by atoms with van der Waals surface area (Å²) in [7, 11) is 0. The molecule has 1 N–H and O–H groups in total. The highest BCUT2D eigenvalue weighted by Gasteiger charge is 2.35. The molecule has 1 atom stereocenters. The molecule has 0 amide bonds. The first-order valence-corrected chi connectivity index (χ1v) is 5.49. The first-order valence-electron chi connectivity index (χ1n) is 5.49. The molecule has 1 aromatic rings. The third-order valence-electron chi connectivity index (χ3n) is 3.25. The number of Topliss-reactive ketones (excluding diaryl/α,β-unsaturated/α-hetero) is 1. The van der Waals surface area contributed by atoms with Crippen molar-refractivity contribution in [3.63, 3.8) is 0 Å². The molecule has 0 saturated carbocycles. The SMILES string of the molecule is CC1(C(=O)Cc2ccccc2)CCNC1. The third kappa shape index (κ3) is 2.26. The van der Waals surface area contributed by atoms with Crippen LogP contribution < -0.4 is 5.32 Å². The van der Waals surface area contributed by atoms with Gasteiger partial charge in [0.1, 0.15) is 5.78 Å². The molecule has 0 radical (unpaired) electrons. The molecule has 2 nitrogen and oxygen atoms in total. The Morgan fingerprint density at radius 2 is 2.13 bits per heavy atom. The number of ketones is 1. The lowest BCUT2D eigenvalue weighted by molar-refractivity contribution is -0.126. The Bertz CT molecular complexity index is 339. The smallest absolute Gasteiger partial charge is 0.144 e. The van der Waals surface area contributed by atoms with E-state index in [1.807, 2.05) is 30.3 Å². The average molecular weight is 203 g/mol. The van der Waals surface area contributed by atoms with E-state index in [2.05, 4.69) is 12.2 Å². The van der Waals surface area contributed by atoms with Crippen LogP contribution in [0.15, 0.2) is 30.3 Å². The van der Waals surface area contributed by atoms with Gasteiger partial charge in [-0.2, -0.15) is 0 Å². The minimum atomic E-state index is -0.143. The van der Waals surface area contributed by atoms with Crippen molar-refractivity contribution < 1.29 is 4.79 Å². The predicted octanol–water partition coefficient (Wildman–Crippen LogP) is 1.80. The van der Waals surface area contributed by atoms with E-state index in [0.29, 0.717) is 12.2 Å². The van der Waals surface area contributed by atoms with Gasteiger partial charge in [0.25, 0.3) is 0 Å². The molecule has 1 fully saturated rings. The largest absolute Gasteiger partial charge is 0.316 e. The molecule has 1 aromatic carbocycles. The zero-order valence-corrected chi connectivity index (χ0v) is 9.12. The Morgan fingerprint density at radius 3 is 2.73 bits per heavy atom. The topological polar surface area (TPSA) is 29.1 Å². The normalized spacial score (nSPS) is 25.4. The molecule has 2 rings (SSSR count). The fourth-order valence-electron chi connectivity index (χ4n) is 2.05. The van der Waals surface area contributed by atoms with Gasteiger partial charge in [0.15, 0.2) is 0 Å². The lowest BCUT2D eigenvalue weighted by atomic mass is 9.82. The molecule has 1 aliphatic heterocycles. The van der Waals surface area contributed by atoms with E-state index in [9.17, 15) is 4.79 Å². The molecule has 1 unspecified atom stereocenters. The maximum Gasteiger partial charge on any atom is 0.144 e. The van der Waals surface area contributed by atoms with Gasteiger partial charge < -0.3 is 5.32 Å². The van der Waals surface area contributed by atoms with Gasteiger partial charge in [0.05, 0.1) is 0 Å². The molecule has 0 bridgehead atoms.